The number of carbonyl (C=O) groups is 1. The van der Waals surface area contributed by atoms with Crippen LogP contribution in [0.25, 0.3) is 0 Å². The molecular weight excluding hydrogens is 352 g/mol. The fraction of sp³-hybridized carbons (Fsp3) is 0.476. The zero-order valence-electron chi connectivity index (χ0n) is 17.2. The second-order valence-corrected chi connectivity index (χ2v) is 7.14. The number of hydrogen-bond donors (Lipinski definition) is 2. The summed E-state index contributed by atoms with van der Waals surface area (Å²) in [6, 6.07) is 8.11. The molecule has 150 valence electrons. The lowest BCUT2D eigenvalue weighted by molar-refractivity contribution is -0.117. The lowest BCUT2D eigenvalue weighted by Gasteiger charge is -2.16. The van der Waals surface area contributed by atoms with Gasteiger partial charge in [0.2, 0.25) is 5.91 Å². The summed E-state index contributed by atoms with van der Waals surface area (Å²) in [6.45, 7) is 9.04. The Morgan fingerprint density at radius 1 is 1.21 bits per heavy atom. The Labute approximate surface area is 166 Å². The molecule has 0 atom stereocenters. The zero-order chi connectivity index (χ0) is 20.1. The third-order valence-corrected chi connectivity index (χ3v) is 5.18. The number of guanidine groups is 1. The van der Waals surface area contributed by atoms with Gasteiger partial charge >= 0.3 is 0 Å². The summed E-state index contributed by atoms with van der Waals surface area (Å²) in [7, 11) is 1.96. The van der Waals surface area contributed by atoms with Gasteiger partial charge < -0.3 is 15.5 Å². The van der Waals surface area contributed by atoms with Crippen molar-refractivity contribution in [3.63, 3.8) is 0 Å². The highest BCUT2D eigenvalue weighted by Gasteiger charge is 2.21. The van der Waals surface area contributed by atoms with Crippen molar-refractivity contribution in [3.05, 3.63) is 46.8 Å². The van der Waals surface area contributed by atoms with Crippen molar-refractivity contribution >= 4 is 17.6 Å². The average molecular weight is 383 g/mol. The number of benzene rings is 1. The number of aliphatic imine (C=N–C) groups is 1. The number of nitrogens with zero attached hydrogens (tertiary/aromatic N) is 4. The molecule has 1 saturated heterocycles. The van der Waals surface area contributed by atoms with Gasteiger partial charge in [0.05, 0.1) is 12.2 Å². The summed E-state index contributed by atoms with van der Waals surface area (Å²) in [6.07, 6.45) is 1.60. The summed E-state index contributed by atoms with van der Waals surface area (Å²) in [5, 5.41) is 11.1. The van der Waals surface area contributed by atoms with E-state index in [1.165, 1.54) is 5.56 Å². The number of hydrogen-bond acceptors (Lipinski definition) is 3. The molecule has 0 bridgehead atoms. The van der Waals surface area contributed by atoms with Gasteiger partial charge in [-0.25, -0.2) is 4.99 Å². The van der Waals surface area contributed by atoms with Crippen LogP contribution in [-0.2, 0) is 24.9 Å². The smallest absolute Gasteiger partial charge is 0.227 e. The number of amides is 1. The van der Waals surface area contributed by atoms with Crippen LogP contribution in [0.4, 0.5) is 5.69 Å². The average Bonchev–Trinajstić information content (AvgIpc) is 3.21. The molecule has 0 spiro atoms. The summed E-state index contributed by atoms with van der Waals surface area (Å²) in [5.41, 5.74) is 5.49. The fourth-order valence-corrected chi connectivity index (χ4v) is 3.46. The van der Waals surface area contributed by atoms with Gasteiger partial charge in [0.15, 0.2) is 5.96 Å². The van der Waals surface area contributed by atoms with Gasteiger partial charge in [0.25, 0.3) is 0 Å². The highest BCUT2D eigenvalue weighted by Crippen LogP contribution is 2.21. The molecule has 3 rings (SSSR count). The first-order chi connectivity index (χ1) is 13.5. The third-order valence-electron chi connectivity index (χ3n) is 5.18. The number of nitrogens with one attached hydrogen (secondary N) is 2. The summed E-state index contributed by atoms with van der Waals surface area (Å²) in [5.74, 6) is 0.995. The Morgan fingerprint density at radius 3 is 2.54 bits per heavy atom. The first kappa shape index (κ1) is 19.9. The molecule has 1 amide bonds. The molecule has 0 unspecified atom stereocenters. The van der Waals surface area contributed by atoms with E-state index in [9.17, 15) is 4.79 Å². The van der Waals surface area contributed by atoms with Crippen LogP contribution in [0.1, 0.15) is 42.3 Å². The van der Waals surface area contributed by atoms with Crippen molar-refractivity contribution in [1.82, 2.24) is 20.4 Å². The quantitative estimate of drug-likeness (QED) is 0.594. The molecule has 2 heterocycles. The maximum atomic E-state index is 11.9. The maximum Gasteiger partial charge on any atom is 0.227 e. The number of rotatable bonds is 6. The second-order valence-electron chi connectivity index (χ2n) is 7.14. The Hall–Kier alpha value is -2.83. The molecule has 1 aromatic carbocycles. The van der Waals surface area contributed by atoms with E-state index < -0.39 is 0 Å². The Balaban J connectivity index is 1.63. The fourth-order valence-electron chi connectivity index (χ4n) is 3.46. The summed E-state index contributed by atoms with van der Waals surface area (Å²) < 4.78 is 1.91. The van der Waals surface area contributed by atoms with Crippen LogP contribution < -0.4 is 15.5 Å². The monoisotopic (exact) mass is 382 g/mol. The largest absolute Gasteiger partial charge is 0.357 e. The standard InChI is InChI=1S/C21H30N6O/c1-5-22-21(24-14-19-15(2)25-26(4)16(19)3)23-13-17-8-10-18(11-9-17)27-12-6-7-20(27)28/h8-11H,5-7,12-14H2,1-4H3,(H2,22,23,24). The maximum absolute atomic E-state index is 11.9. The van der Waals surface area contributed by atoms with Crippen LogP contribution in [0.3, 0.4) is 0 Å². The van der Waals surface area contributed by atoms with Gasteiger partial charge in [0.1, 0.15) is 0 Å². The van der Waals surface area contributed by atoms with Crippen LogP contribution >= 0.6 is 0 Å². The number of anilines is 1. The van der Waals surface area contributed by atoms with Gasteiger partial charge in [-0.3, -0.25) is 9.48 Å². The molecule has 28 heavy (non-hydrogen) atoms. The first-order valence-corrected chi connectivity index (χ1v) is 9.90. The van der Waals surface area contributed by atoms with E-state index in [0.29, 0.717) is 19.5 Å². The minimum absolute atomic E-state index is 0.213. The van der Waals surface area contributed by atoms with Crippen LogP contribution in [0.5, 0.6) is 0 Å². The first-order valence-electron chi connectivity index (χ1n) is 9.90. The van der Waals surface area contributed by atoms with Crippen LogP contribution in [0.2, 0.25) is 0 Å². The third kappa shape index (κ3) is 4.52. The molecule has 1 aliphatic rings. The molecular formula is C21H30N6O. The Morgan fingerprint density at radius 2 is 1.96 bits per heavy atom. The van der Waals surface area contributed by atoms with Crippen LogP contribution in [0, 0.1) is 13.8 Å². The van der Waals surface area contributed by atoms with Crippen LogP contribution in [-0.4, -0.2) is 34.7 Å². The van der Waals surface area contributed by atoms with Gasteiger partial charge in [0, 0.05) is 50.0 Å². The van der Waals surface area contributed by atoms with Gasteiger partial charge in [-0.15, -0.1) is 0 Å². The van der Waals surface area contributed by atoms with E-state index in [2.05, 4.69) is 29.6 Å². The molecule has 0 aliphatic carbocycles. The van der Waals surface area contributed by atoms with Crippen molar-refractivity contribution in [2.75, 3.05) is 18.0 Å². The normalized spacial score (nSPS) is 14.6. The van der Waals surface area contributed by atoms with Crippen LogP contribution in [0.15, 0.2) is 29.3 Å². The summed E-state index contributed by atoms with van der Waals surface area (Å²) >= 11 is 0. The minimum atomic E-state index is 0.213. The predicted molar refractivity (Wildman–Crippen MR) is 112 cm³/mol. The van der Waals surface area contributed by atoms with E-state index in [1.807, 2.05) is 47.8 Å². The van der Waals surface area contributed by atoms with Gasteiger partial charge in [-0.2, -0.15) is 5.10 Å². The van der Waals surface area contributed by atoms with Crippen molar-refractivity contribution < 1.29 is 4.79 Å². The van der Waals surface area contributed by atoms with Crippen molar-refractivity contribution in [1.29, 1.82) is 0 Å². The molecule has 7 nitrogen and oxygen atoms in total. The highest BCUT2D eigenvalue weighted by molar-refractivity contribution is 5.95. The van der Waals surface area contributed by atoms with E-state index >= 15 is 0 Å². The minimum Gasteiger partial charge on any atom is -0.357 e. The number of aryl methyl sites for hydroxylation is 2. The molecule has 7 heteroatoms. The van der Waals surface area contributed by atoms with E-state index in [-0.39, 0.29) is 5.91 Å². The Kier molecular flexibility index (Phi) is 6.34. The Bertz CT molecular complexity index is 853. The lowest BCUT2D eigenvalue weighted by atomic mass is 10.2. The van der Waals surface area contributed by atoms with Gasteiger partial charge in [-0.05, 0) is 44.9 Å². The molecule has 1 fully saturated rings. The van der Waals surface area contributed by atoms with E-state index in [4.69, 9.17) is 4.99 Å². The van der Waals surface area contributed by atoms with E-state index in [0.717, 1.165) is 48.1 Å². The lowest BCUT2D eigenvalue weighted by Crippen LogP contribution is -2.37. The predicted octanol–water partition coefficient (Wildman–Crippen LogP) is 2.42. The molecule has 2 aromatic rings. The molecule has 2 N–H and O–H groups in total. The second kappa shape index (κ2) is 8.91. The van der Waals surface area contributed by atoms with Crippen molar-refractivity contribution in [3.8, 4) is 0 Å². The molecule has 0 radical (unpaired) electrons. The van der Waals surface area contributed by atoms with Gasteiger partial charge in [-0.1, -0.05) is 12.1 Å². The topological polar surface area (TPSA) is 74.6 Å². The van der Waals surface area contributed by atoms with Crippen molar-refractivity contribution in [2.45, 2.75) is 46.7 Å². The van der Waals surface area contributed by atoms with E-state index in [1.54, 1.807) is 0 Å². The molecule has 1 aromatic heterocycles. The number of carbonyl (C=O) groups excluding carboxylic acids is 1. The SMILES string of the molecule is CCNC(=NCc1ccc(N2CCCC2=O)cc1)NCc1c(C)nn(C)c1C. The molecule has 1 aliphatic heterocycles. The molecule has 0 saturated carbocycles. The highest BCUT2D eigenvalue weighted by atomic mass is 16.2. The summed E-state index contributed by atoms with van der Waals surface area (Å²) in [4.78, 5) is 18.4. The number of aromatic nitrogens is 2. The zero-order valence-corrected chi connectivity index (χ0v) is 17.2. The van der Waals surface area contributed by atoms with Crippen molar-refractivity contribution in [2.24, 2.45) is 12.0 Å².